The van der Waals surface area contributed by atoms with Gasteiger partial charge in [0.2, 0.25) is 10.7 Å². The van der Waals surface area contributed by atoms with Gasteiger partial charge in [0.25, 0.3) is 0 Å². The van der Waals surface area contributed by atoms with Gasteiger partial charge in [0.15, 0.2) is 0 Å². The van der Waals surface area contributed by atoms with Crippen molar-refractivity contribution in [2.45, 2.75) is 12.5 Å². The molecule has 1 aliphatic heterocycles. The number of aromatic amines is 1. The summed E-state index contributed by atoms with van der Waals surface area (Å²) in [4.78, 5) is 4.57. The number of H-pyrrole nitrogens is 1. The summed E-state index contributed by atoms with van der Waals surface area (Å²) < 4.78 is 2.65. The van der Waals surface area contributed by atoms with Gasteiger partial charge < -0.3 is 9.80 Å². The van der Waals surface area contributed by atoms with Crippen LogP contribution >= 0.6 is 12.2 Å². The number of anilines is 1. The van der Waals surface area contributed by atoms with Crippen molar-refractivity contribution in [3.05, 3.63) is 35.1 Å². The van der Waals surface area contributed by atoms with Gasteiger partial charge in [-0.3, -0.25) is 4.57 Å². The van der Waals surface area contributed by atoms with Gasteiger partial charge in [0, 0.05) is 19.1 Å². The number of rotatable bonds is 3. The summed E-state index contributed by atoms with van der Waals surface area (Å²) in [7, 11) is 4.25. The molecule has 20 heavy (non-hydrogen) atoms. The van der Waals surface area contributed by atoms with Crippen LogP contribution in [0, 0.1) is 4.77 Å². The van der Waals surface area contributed by atoms with Crippen molar-refractivity contribution in [3.63, 3.8) is 0 Å². The second-order valence-corrected chi connectivity index (χ2v) is 5.74. The molecule has 0 aliphatic carbocycles. The van der Waals surface area contributed by atoms with Crippen LogP contribution in [-0.2, 0) is 0 Å². The Balaban J connectivity index is 1.95. The van der Waals surface area contributed by atoms with Gasteiger partial charge >= 0.3 is 0 Å². The third kappa shape index (κ3) is 2.36. The molecule has 1 aliphatic rings. The van der Waals surface area contributed by atoms with Gasteiger partial charge in [0.05, 0.1) is 5.69 Å². The molecule has 1 aromatic carbocycles. The summed E-state index contributed by atoms with van der Waals surface area (Å²) in [6, 6.07) is 10.7. The minimum Gasteiger partial charge on any atom is -0.339 e. The Bertz CT molecular complexity index is 631. The smallest absolute Gasteiger partial charge is 0.230 e. The lowest BCUT2D eigenvalue weighted by Crippen LogP contribution is -2.32. The van der Waals surface area contributed by atoms with Crippen LogP contribution in [0.2, 0.25) is 0 Å². The van der Waals surface area contributed by atoms with Gasteiger partial charge in [-0.15, -0.1) is 5.10 Å². The Hall–Kier alpha value is -1.66. The van der Waals surface area contributed by atoms with E-state index >= 15 is 0 Å². The molecule has 0 radical (unpaired) electrons. The lowest BCUT2D eigenvalue weighted by atomic mass is 10.2. The first-order valence-corrected chi connectivity index (χ1v) is 7.22. The highest BCUT2D eigenvalue weighted by Gasteiger charge is 2.27. The van der Waals surface area contributed by atoms with Crippen LogP contribution in [0.25, 0.3) is 5.69 Å². The zero-order valence-corrected chi connectivity index (χ0v) is 12.6. The number of para-hydroxylation sites is 1. The van der Waals surface area contributed by atoms with Crippen molar-refractivity contribution >= 4 is 18.2 Å². The molecule has 0 bridgehead atoms. The molecule has 1 aromatic heterocycles. The van der Waals surface area contributed by atoms with Gasteiger partial charge in [-0.1, -0.05) is 18.2 Å². The fourth-order valence-electron chi connectivity index (χ4n) is 2.66. The summed E-state index contributed by atoms with van der Waals surface area (Å²) in [6.45, 7) is 1.99. The average molecular weight is 289 g/mol. The van der Waals surface area contributed by atoms with Crippen molar-refractivity contribution in [1.82, 2.24) is 19.7 Å². The number of hydrogen-bond donors (Lipinski definition) is 1. The van der Waals surface area contributed by atoms with Crippen LogP contribution in [-0.4, -0.2) is 52.9 Å². The average Bonchev–Trinajstić information content (AvgIpc) is 3.06. The fraction of sp³-hybridized carbons (Fsp3) is 0.429. The lowest BCUT2D eigenvalue weighted by molar-refractivity contribution is 0.315. The Kier molecular flexibility index (Phi) is 3.58. The number of aromatic nitrogens is 3. The topological polar surface area (TPSA) is 40.1 Å². The van der Waals surface area contributed by atoms with Gasteiger partial charge in [-0.25, -0.2) is 5.10 Å². The quantitative estimate of drug-likeness (QED) is 0.878. The first kappa shape index (κ1) is 13.3. The lowest BCUT2D eigenvalue weighted by Gasteiger charge is -2.21. The summed E-state index contributed by atoms with van der Waals surface area (Å²) in [5.74, 6) is 0.908. The van der Waals surface area contributed by atoms with E-state index in [1.807, 2.05) is 34.9 Å². The molecular weight excluding hydrogens is 270 g/mol. The number of nitrogens with one attached hydrogen (secondary N) is 1. The second kappa shape index (κ2) is 5.38. The zero-order chi connectivity index (χ0) is 14.1. The van der Waals surface area contributed by atoms with E-state index in [1.165, 1.54) is 0 Å². The molecule has 1 unspecified atom stereocenters. The fourth-order valence-corrected chi connectivity index (χ4v) is 2.89. The molecule has 5 nitrogen and oxygen atoms in total. The summed E-state index contributed by atoms with van der Waals surface area (Å²) in [5, 5.41) is 7.34. The predicted molar refractivity (Wildman–Crippen MR) is 83.1 cm³/mol. The minimum absolute atomic E-state index is 0.574. The van der Waals surface area contributed by atoms with Gasteiger partial charge in [0.1, 0.15) is 0 Å². The van der Waals surface area contributed by atoms with Crippen LogP contribution < -0.4 is 4.90 Å². The molecule has 1 fully saturated rings. The Morgan fingerprint density at radius 3 is 2.70 bits per heavy atom. The molecule has 2 heterocycles. The zero-order valence-electron chi connectivity index (χ0n) is 11.8. The highest BCUT2D eigenvalue weighted by Crippen LogP contribution is 2.23. The van der Waals surface area contributed by atoms with E-state index < -0.39 is 0 Å². The normalized spacial score (nSPS) is 18.9. The largest absolute Gasteiger partial charge is 0.339 e. The van der Waals surface area contributed by atoms with Crippen LogP contribution in [0.15, 0.2) is 30.3 Å². The molecular formula is C14H19N5S. The molecule has 106 valence electrons. The van der Waals surface area contributed by atoms with Gasteiger partial charge in [-0.05, 0) is 44.9 Å². The maximum absolute atomic E-state index is 5.38. The summed E-state index contributed by atoms with van der Waals surface area (Å²) in [5.41, 5.74) is 1.05. The predicted octanol–water partition coefficient (Wildman–Crippen LogP) is 2.07. The monoisotopic (exact) mass is 289 g/mol. The van der Waals surface area contributed by atoms with Crippen molar-refractivity contribution < 1.29 is 0 Å². The third-order valence-corrected chi connectivity index (χ3v) is 4.12. The van der Waals surface area contributed by atoms with E-state index in [1.54, 1.807) is 0 Å². The first-order valence-electron chi connectivity index (χ1n) is 6.81. The number of likely N-dealkylation sites (N-methyl/N-ethyl adjacent to an activating group) is 1. The molecule has 0 spiro atoms. The summed E-state index contributed by atoms with van der Waals surface area (Å²) >= 11 is 5.38. The maximum Gasteiger partial charge on any atom is 0.230 e. The van der Waals surface area contributed by atoms with E-state index in [0.29, 0.717) is 10.8 Å². The number of nitrogens with zero attached hydrogens (tertiary/aromatic N) is 4. The maximum atomic E-state index is 5.38. The molecule has 1 saturated heterocycles. The number of benzene rings is 1. The van der Waals surface area contributed by atoms with Crippen molar-refractivity contribution in [2.24, 2.45) is 0 Å². The summed E-state index contributed by atoms with van der Waals surface area (Å²) in [6.07, 6.45) is 1.15. The SMILES string of the molecule is CN(C)C1CCN(c2n[nH]c(=S)n2-c2ccccc2)C1. The van der Waals surface area contributed by atoms with E-state index in [0.717, 1.165) is 31.1 Å². The third-order valence-electron chi connectivity index (χ3n) is 3.85. The van der Waals surface area contributed by atoms with Crippen molar-refractivity contribution in [2.75, 3.05) is 32.1 Å². The molecule has 1 N–H and O–H groups in total. The Morgan fingerprint density at radius 1 is 1.30 bits per heavy atom. The highest BCUT2D eigenvalue weighted by molar-refractivity contribution is 7.71. The van der Waals surface area contributed by atoms with E-state index in [4.69, 9.17) is 12.2 Å². The van der Waals surface area contributed by atoms with Crippen LogP contribution in [0.4, 0.5) is 5.95 Å². The molecule has 2 aromatic rings. The first-order chi connectivity index (χ1) is 9.66. The Labute approximate surface area is 123 Å². The Morgan fingerprint density at radius 2 is 2.05 bits per heavy atom. The van der Waals surface area contributed by atoms with Crippen LogP contribution in [0.1, 0.15) is 6.42 Å². The second-order valence-electron chi connectivity index (χ2n) is 5.35. The molecule has 1 atom stereocenters. The van der Waals surface area contributed by atoms with Crippen molar-refractivity contribution in [3.8, 4) is 5.69 Å². The van der Waals surface area contributed by atoms with E-state index in [9.17, 15) is 0 Å². The standard InChI is InChI=1S/C14H19N5S/c1-17(2)12-8-9-18(10-12)13-15-16-14(20)19(13)11-6-4-3-5-7-11/h3-7,12H,8-10H2,1-2H3,(H,16,20). The molecule has 3 rings (SSSR count). The van der Waals surface area contributed by atoms with Crippen LogP contribution in [0.5, 0.6) is 0 Å². The van der Waals surface area contributed by atoms with Gasteiger partial charge in [-0.2, -0.15) is 0 Å². The highest BCUT2D eigenvalue weighted by atomic mass is 32.1. The van der Waals surface area contributed by atoms with Crippen LogP contribution in [0.3, 0.4) is 0 Å². The van der Waals surface area contributed by atoms with E-state index in [2.05, 4.69) is 34.1 Å². The van der Waals surface area contributed by atoms with E-state index in [-0.39, 0.29) is 0 Å². The molecule has 0 amide bonds. The minimum atomic E-state index is 0.574. The molecule has 6 heteroatoms. The molecule has 0 saturated carbocycles. The van der Waals surface area contributed by atoms with Crippen molar-refractivity contribution in [1.29, 1.82) is 0 Å². The number of hydrogen-bond acceptors (Lipinski definition) is 4.